The van der Waals surface area contributed by atoms with Crippen LogP contribution in [-0.2, 0) is 6.42 Å². The van der Waals surface area contributed by atoms with Gasteiger partial charge in [0.15, 0.2) is 0 Å². The summed E-state index contributed by atoms with van der Waals surface area (Å²) in [6, 6.07) is 6.06. The molecule has 0 fully saturated rings. The molecule has 2 heterocycles. The van der Waals surface area contributed by atoms with E-state index < -0.39 is 0 Å². The summed E-state index contributed by atoms with van der Waals surface area (Å²) in [5.74, 6) is 0.263. The summed E-state index contributed by atoms with van der Waals surface area (Å²) in [5, 5.41) is 3.52. The average molecular weight is 298 g/mol. The number of hydrogen-bond acceptors (Lipinski definition) is 2. The average Bonchev–Trinajstić information content (AvgIpc) is 2.79. The number of nitrogens with zero attached hydrogens (tertiary/aromatic N) is 1. The first-order valence-electron chi connectivity index (χ1n) is 7.94. The topological polar surface area (TPSA) is 51.1 Å². The van der Waals surface area contributed by atoms with Gasteiger partial charge in [0.25, 0.3) is 5.91 Å². The molecule has 22 heavy (non-hydrogen) atoms. The smallest absolute Gasteiger partial charge is 0.256 e. The lowest BCUT2D eigenvalue weighted by molar-refractivity contribution is 0.0950. The molecule has 116 valence electrons. The van der Waals surface area contributed by atoms with Gasteiger partial charge in [0.05, 0.1) is 5.52 Å². The predicted octanol–water partition coefficient (Wildman–Crippen LogP) is 2.89. The van der Waals surface area contributed by atoms with Crippen LogP contribution in [0.15, 0.2) is 29.2 Å². The molecule has 0 saturated heterocycles. The summed E-state index contributed by atoms with van der Waals surface area (Å²) in [7, 11) is 0. The monoisotopic (exact) mass is 298 g/mol. The maximum atomic E-state index is 12.6. The van der Waals surface area contributed by atoms with E-state index in [9.17, 15) is 9.59 Å². The van der Waals surface area contributed by atoms with E-state index in [1.807, 2.05) is 12.1 Å². The van der Waals surface area contributed by atoms with Gasteiger partial charge in [-0.15, -0.1) is 0 Å². The van der Waals surface area contributed by atoms with Crippen LogP contribution < -0.4 is 10.7 Å². The molecular weight excluding hydrogens is 276 g/mol. The van der Waals surface area contributed by atoms with Crippen LogP contribution in [0.5, 0.6) is 0 Å². The molecule has 0 aliphatic carbocycles. The molecule has 4 heteroatoms. The van der Waals surface area contributed by atoms with Crippen molar-refractivity contribution < 1.29 is 4.79 Å². The van der Waals surface area contributed by atoms with Gasteiger partial charge in [-0.2, -0.15) is 0 Å². The number of amides is 1. The zero-order chi connectivity index (χ0) is 15.9. The van der Waals surface area contributed by atoms with Crippen molar-refractivity contribution in [2.24, 2.45) is 5.92 Å². The maximum Gasteiger partial charge on any atom is 0.256 e. The Balaban J connectivity index is 2.01. The number of rotatable bonds is 4. The molecule has 2 aromatic rings. The molecule has 0 radical (unpaired) electrons. The molecular formula is C18H22N2O2. The Morgan fingerprint density at radius 3 is 2.91 bits per heavy atom. The fourth-order valence-corrected chi connectivity index (χ4v) is 3.15. The number of pyridine rings is 1. The molecule has 1 aliphatic heterocycles. The van der Waals surface area contributed by atoms with E-state index in [-0.39, 0.29) is 22.9 Å². The molecule has 1 aromatic carbocycles. The first-order chi connectivity index (χ1) is 10.5. The third-order valence-electron chi connectivity index (χ3n) is 4.38. The fraction of sp³-hybridized carbons (Fsp3) is 0.444. The Hall–Kier alpha value is -2.10. The molecule has 0 saturated carbocycles. The van der Waals surface area contributed by atoms with Gasteiger partial charge in [0.2, 0.25) is 5.43 Å². The number of para-hydroxylation sites is 1. The molecule has 1 aliphatic rings. The first-order valence-corrected chi connectivity index (χ1v) is 7.94. The van der Waals surface area contributed by atoms with Crippen LogP contribution in [0.1, 0.15) is 49.2 Å². The summed E-state index contributed by atoms with van der Waals surface area (Å²) >= 11 is 0. The van der Waals surface area contributed by atoms with Gasteiger partial charge in [-0.3, -0.25) is 9.59 Å². The Kier molecular flexibility index (Phi) is 3.77. The van der Waals surface area contributed by atoms with Crippen LogP contribution in [0, 0.1) is 5.92 Å². The number of benzene rings is 1. The lowest BCUT2D eigenvalue weighted by atomic mass is 10.1. The summed E-state index contributed by atoms with van der Waals surface area (Å²) < 4.78 is 2.07. The standard InChI is InChI=1S/C18H22N2O2/c1-11(2)7-8-19-18(22)15-10-20-12(3)9-13-5-4-6-14(16(13)20)17(15)21/h4-6,10-12H,7-9H2,1-3H3,(H,19,22)/t12-/m0/s1. The van der Waals surface area contributed by atoms with Crippen molar-refractivity contribution in [1.29, 1.82) is 0 Å². The minimum Gasteiger partial charge on any atom is -0.352 e. The third kappa shape index (κ3) is 2.43. The SMILES string of the molecule is CC(C)CCNC(=O)c1cn2c3c(cccc3c1=O)C[C@@H]2C. The zero-order valence-electron chi connectivity index (χ0n) is 13.3. The molecule has 3 rings (SSSR count). The minimum atomic E-state index is -0.263. The molecule has 1 aromatic heterocycles. The molecule has 0 spiro atoms. The van der Waals surface area contributed by atoms with Crippen molar-refractivity contribution in [3.8, 4) is 0 Å². The van der Waals surface area contributed by atoms with Gasteiger partial charge < -0.3 is 9.88 Å². The molecule has 1 amide bonds. The van der Waals surface area contributed by atoms with Gasteiger partial charge in [-0.1, -0.05) is 26.0 Å². The summed E-state index contributed by atoms with van der Waals surface area (Å²) in [6.45, 7) is 6.94. The van der Waals surface area contributed by atoms with E-state index >= 15 is 0 Å². The van der Waals surface area contributed by atoms with Gasteiger partial charge in [-0.25, -0.2) is 0 Å². The highest BCUT2D eigenvalue weighted by Crippen LogP contribution is 2.30. The van der Waals surface area contributed by atoms with Gasteiger partial charge in [-0.05, 0) is 37.3 Å². The van der Waals surface area contributed by atoms with E-state index in [0.717, 1.165) is 18.4 Å². The fourth-order valence-electron chi connectivity index (χ4n) is 3.15. The van der Waals surface area contributed by atoms with Crippen LogP contribution in [0.3, 0.4) is 0 Å². The highest BCUT2D eigenvalue weighted by molar-refractivity contribution is 5.98. The zero-order valence-corrected chi connectivity index (χ0v) is 13.3. The predicted molar refractivity (Wildman–Crippen MR) is 88.4 cm³/mol. The highest BCUT2D eigenvalue weighted by atomic mass is 16.2. The number of carbonyl (C=O) groups is 1. The Bertz CT molecular complexity index is 790. The minimum absolute atomic E-state index is 0.163. The second kappa shape index (κ2) is 5.59. The van der Waals surface area contributed by atoms with Crippen molar-refractivity contribution in [2.45, 2.75) is 39.7 Å². The third-order valence-corrected chi connectivity index (χ3v) is 4.38. The quantitative estimate of drug-likeness (QED) is 0.943. The highest BCUT2D eigenvalue weighted by Gasteiger charge is 2.24. The van der Waals surface area contributed by atoms with E-state index in [1.165, 1.54) is 5.56 Å². The van der Waals surface area contributed by atoms with Crippen LogP contribution in [0.4, 0.5) is 0 Å². The van der Waals surface area contributed by atoms with E-state index in [1.54, 1.807) is 6.20 Å². The summed E-state index contributed by atoms with van der Waals surface area (Å²) in [5.41, 5.74) is 2.26. The van der Waals surface area contributed by atoms with Gasteiger partial charge in [0, 0.05) is 24.2 Å². The maximum absolute atomic E-state index is 12.6. The second-order valence-corrected chi connectivity index (χ2v) is 6.58. The molecule has 0 bridgehead atoms. The van der Waals surface area contributed by atoms with E-state index in [0.29, 0.717) is 17.8 Å². The Morgan fingerprint density at radius 2 is 2.18 bits per heavy atom. The Morgan fingerprint density at radius 1 is 1.41 bits per heavy atom. The molecule has 1 atom stereocenters. The van der Waals surface area contributed by atoms with Crippen molar-refractivity contribution in [1.82, 2.24) is 9.88 Å². The first kappa shape index (κ1) is 14.8. The number of aromatic nitrogens is 1. The van der Waals surface area contributed by atoms with Crippen LogP contribution >= 0.6 is 0 Å². The van der Waals surface area contributed by atoms with Crippen molar-refractivity contribution in [3.05, 3.63) is 45.7 Å². The largest absolute Gasteiger partial charge is 0.352 e. The molecule has 4 nitrogen and oxygen atoms in total. The number of carbonyl (C=O) groups excluding carboxylic acids is 1. The van der Waals surface area contributed by atoms with Gasteiger partial charge >= 0.3 is 0 Å². The van der Waals surface area contributed by atoms with Crippen molar-refractivity contribution in [3.63, 3.8) is 0 Å². The summed E-state index contributed by atoms with van der Waals surface area (Å²) in [6.07, 6.45) is 3.56. The van der Waals surface area contributed by atoms with E-state index in [4.69, 9.17) is 0 Å². The van der Waals surface area contributed by atoms with Crippen LogP contribution in [0.2, 0.25) is 0 Å². The molecule has 1 N–H and O–H groups in total. The number of hydrogen-bond donors (Lipinski definition) is 1. The molecule has 0 unspecified atom stereocenters. The van der Waals surface area contributed by atoms with Crippen molar-refractivity contribution in [2.75, 3.05) is 6.54 Å². The number of nitrogens with one attached hydrogen (secondary N) is 1. The lowest BCUT2D eigenvalue weighted by Gasteiger charge is -2.13. The second-order valence-electron chi connectivity index (χ2n) is 6.58. The lowest BCUT2D eigenvalue weighted by Crippen LogP contribution is -2.31. The summed E-state index contributed by atoms with van der Waals surface area (Å²) in [4.78, 5) is 25.0. The van der Waals surface area contributed by atoms with Crippen LogP contribution in [-0.4, -0.2) is 17.0 Å². The Labute approximate surface area is 130 Å². The van der Waals surface area contributed by atoms with E-state index in [2.05, 4.69) is 36.7 Å². The normalized spacial score (nSPS) is 16.5. The van der Waals surface area contributed by atoms with Crippen LogP contribution in [0.25, 0.3) is 10.9 Å². The van der Waals surface area contributed by atoms with Gasteiger partial charge in [0.1, 0.15) is 5.56 Å². The van der Waals surface area contributed by atoms with Crippen molar-refractivity contribution >= 4 is 16.8 Å².